The van der Waals surface area contributed by atoms with Gasteiger partial charge < -0.3 is 9.73 Å². The maximum atomic E-state index is 13.0. The fraction of sp³-hybridized carbons (Fsp3) is 0.227. The maximum Gasteiger partial charge on any atom is 0.287 e. The molecule has 1 amide bonds. The van der Waals surface area contributed by atoms with Gasteiger partial charge in [-0.1, -0.05) is 42.0 Å². The highest BCUT2D eigenvalue weighted by molar-refractivity contribution is 5.99. The summed E-state index contributed by atoms with van der Waals surface area (Å²) in [4.78, 5) is 17.0. The van der Waals surface area contributed by atoms with E-state index in [0.29, 0.717) is 18.7 Å². The Balaban J connectivity index is 1.59. The number of aryl methyl sites for hydroxylation is 3. The van der Waals surface area contributed by atoms with Crippen LogP contribution in [-0.2, 0) is 6.54 Å². The smallest absolute Gasteiger partial charge is 0.287 e. The van der Waals surface area contributed by atoms with Crippen LogP contribution in [0.4, 0.5) is 0 Å². The first kappa shape index (κ1) is 18.0. The van der Waals surface area contributed by atoms with Crippen molar-refractivity contribution < 1.29 is 9.21 Å². The largest absolute Gasteiger partial charge is 0.451 e. The lowest BCUT2D eigenvalue weighted by atomic mass is 10.0. The van der Waals surface area contributed by atoms with Crippen molar-refractivity contribution in [3.05, 3.63) is 83.6 Å². The number of nitrogens with one attached hydrogen (secondary N) is 1. The molecule has 0 radical (unpaired) electrons. The highest BCUT2D eigenvalue weighted by Crippen LogP contribution is 2.27. The van der Waals surface area contributed by atoms with Gasteiger partial charge in [0.15, 0.2) is 5.76 Å². The Morgan fingerprint density at radius 2 is 2.00 bits per heavy atom. The maximum absolute atomic E-state index is 13.0. The van der Waals surface area contributed by atoms with E-state index in [9.17, 15) is 4.79 Å². The molecule has 0 unspecified atom stereocenters. The molecule has 0 aliphatic rings. The van der Waals surface area contributed by atoms with Crippen molar-refractivity contribution in [1.82, 2.24) is 20.1 Å². The quantitative estimate of drug-likeness (QED) is 0.549. The Morgan fingerprint density at radius 3 is 2.75 bits per heavy atom. The SMILES string of the molecule is Cc1ccc2oc(C(=O)N[C@H](CCn3cncn3)c3ccccc3)c(C)c2c1. The summed E-state index contributed by atoms with van der Waals surface area (Å²) in [6.45, 7) is 4.60. The fourth-order valence-electron chi connectivity index (χ4n) is 3.39. The van der Waals surface area contributed by atoms with E-state index in [1.807, 2.05) is 62.4 Å². The van der Waals surface area contributed by atoms with Crippen LogP contribution in [0.15, 0.2) is 65.6 Å². The summed E-state index contributed by atoms with van der Waals surface area (Å²) in [6.07, 6.45) is 3.88. The zero-order valence-electron chi connectivity index (χ0n) is 15.9. The van der Waals surface area contributed by atoms with Gasteiger partial charge in [-0.3, -0.25) is 9.48 Å². The van der Waals surface area contributed by atoms with Gasteiger partial charge in [0.1, 0.15) is 18.2 Å². The van der Waals surface area contributed by atoms with E-state index in [1.54, 1.807) is 11.0 Å². The van der Waals surface area contributed by atoms with Crippen LogP contribution >= 0.6 is 0 Å². The van der Waals surface area contributed by atoms with E-state index in [2.05, 4.69) is 15.4 Å². The van der Waals surface area contributed by atoms with Crippen LogP contribution in [0.1, 0.15) is 39.7 Å². The molecule has 0 aliphatic carbocycles. The van der Waals surface area contributed by atoms with Gasteiger partial charge in [0, 0.05) is 17.5 Å². The molecule has 6 heteroatoms. The van der Waals surface area contributed by atoms with E-state index < -0.39 is 0 Å². The van der Waals surface area contributed by atoms with Crippen LogP contribution in [0.3, 0.4) is 0 Å². The van der Waals surface area contributed by atoms with Crippen LogP contribution in [0.25, 0.3) is 11.0 Å². The Bertz CT molecular complexity index is 1080. The van der Waals surface area contributed by atoms with Crippen LogP contribution in [-0.4, -0.2) is 20.7 Å². The number of rotatable bonds is 6. The zero-order valence-corrected chi connectivity index (χ0v) is 15.9. The van der Waals surface area contributed by atoms with Crippen LogP contribution < -0.4 is 5.32 Å². The molecule has 0 saturated heterocycles. The number of nitrogens with zero attached hydrogens (tertiary/aromatic N) is 3. The van der Waals surface area contributed by atoms with Crippen molar-refractivity contribution in [1.29, 1.82) is 0 Å². The zero-order chi connectivity index (χ0) is 19.5. The van der Waals surface area contributed by atoms with E-state index in [-0.39, 0.29) is 11.9 Å². The van der Waals surface area contributed by atoms with Gasteiger partial charge in [-0.05, 0) is 38.0 Å². The molecule has 6 nitrogen and oxygen atoms in total. The lowest BCUT2D eigenvalue weighted by molar-refractivity contribution is 0.0906. The molecular weight excluding hydrogens is 352 g/mol. The molecule has 0 bridgehead atoms. The van der Waals surface area contributed by atoms with Gasteiger partial charge in [0.25, 0.3) is 5.91 Å². The molecule has 4 rings (SSSR count). The molecule has 4 aromatic rings. The van der Waals surface area contributed by atoms with E-state index in [0.717, 1.165) is 27.7 Å². The molecular formula is C22H22N4O2. The van der Waals surface area contributed by atoms with Gasteiger partial charge >= 0.3 is 0 Å². The monoisotopic (exact) mass is 374 g/mol. The molecule has 2 aromatic carbocycles. The third kappa shape index (κ3) is 3.67. The molecule has 2 aromatic heterocycles. The number of benzene rings is 2. The Labute approximate surface area is 163 Å². The molecule has 0 fully saturated rings. The summed E-state index contributed by atoms with van der Waals surface area (Å²) >= 11 is 0. The van der Waals surface area contributed by atoms with Crippen molar-refractivity contribution in [2.24, 2.45) is 0 Å². The predicted molar refractivity (Wildman–Crippen MR) is 107 cm³/mol. The number of carbonyl (C=O) groups is 1. The van der Waals surface area contributed by atoms with E-state index in [4.69, 9.17) is 4.42 Å². The molecule has 142 valence electrons. The molecule has 1 N–H and O–H groups in total. The number of hydrogen-bond donors (Lipinski definition) is 1. The summed E-state index contributed by atoms with van der Waals surface area (Å²) in [5.74, 6) is 0.154. The molecule has 0 spiro atoms. The minimum Gasteiger partial charge on any atom is -0.451 e. The highest BCUT2D eigenvalue weighted by Gasteiger charge is 2.21. The van der Waals surface area contributed by atoms with Gasteiger partial charge in [-0.2, -0.15) is 5.10 Å². The van der Waals surface area contributed by atoms with Crippen molar-refractivity contribution >= 4 is 16.9 Å². The summed E-state index contributed by atoms with van der Waals surface area (Å²) in [7, 11) is 0. The molecule has 1 atom stereocenters. The van der Waals surface area contributed by atoms with Crippen LogP contribution in [0, 0.1) is 13.8 Å². The normalized spacial score (nSPS) is 12.2. The standard InChI is InChI=1S/C22H22N4O2/c1-15-8-9-20-18(12-15)16(2)21(28-20)22(27)25-19(17-6-4-3-5-7-17)10-11-26-14-23-13-24-26/h3-9,12-14,19H,10-11H2,1-2H3,(H,25,27)/t19-/m1/s1. The number of fused-ring (bicyclic) bond motifs is 1. The average Bonchev–Trinajstić information content (AvgIpc) is 3.34. The van der Waals surface area contributed by atoms with E-state index >= 15 is 0 Å². The number of aromatic nitrogens is 3. The van der Waals surface area contributed by atoms with Crippen LogP contribution in [0.5, 0.6) is 0 Å². The van der Waals surface area contributed by atoms with Crippen molar-refractivity contribution in [3.8, 4) is 0 Å². The highest BCUT2D eigenvalue weighted by atomic mass is 16.3. The first-order chi connectivity index (χ1) is 13.6. The van der Waals surface area contributed by atoms with Gasteiger partial charge in [0.2, 0.25) is 0 Å². The Morgan fingerprint density at radius 1 is 1.18 bits per heavy atom. The molecule has 2 heterocycles. The second kappa shape index (κ2) is 7.68. The average molecular weight is 374 g/mol. The Hall–Kier alpha value is -3.41. The first-order valence-corrected chi connectivity index (χ1v) is 9.30. The predicted octanol–water partition coefficient (Wildman–Crippen LogP) is 4.20. The van der Waals surface area contributed by atoms with Crippen molar-refractivity contribution in [2.45, 2.75) is 32.9 Å². The minimum absolute atomic E-state index is 0.160. The molecule has 28 heavy (non-hydrogen) atoms. The summed E-state index contributed by atoms with van der Waals surface area (Å²) in [5, 5.41) is 8.25. The third-order valence-electron chi connectivity index (χ3n) is 4.92. The summed E-state index contributed by atoms with van der Waals surface area (Å²) in [6, 6.07) is 15.7. The second-order valence-corrected chi connectivity index (χ2v) is 6.94. The lowest BCUT2D eigenvalue weighted by Gasteiger charge is -2.19. The third-order valence-corrected chi connectivity index (χ3v) is 4.92. The topological polar surface area (TPSA) is 73.0 Å². The fourth-order valence-corrected chi connectivity index (χ4v) is 3.39. The van der Waals surface area contributed by atoms with Gasteiger partial charge in [-0.25, -0.2) is 4.98 Å². The number of amides is 1. The lowest BCUT2D eigenvalue weighted by Crippen LogP contribution is -2.29. The Kier molecular flexibility index (Phi) is 4.93. The first-order valence-electron chi connectivity index (χ1n) is 9.30. The van der Waals surface area contributed by atoms with Gasteiger partial charge in [0.05, 0.1) is 6.04 Å². The summed E-state index contributed by atoms with van der Waals surface area (Å²) < 4.78 is 7.62. The second-order valence-electron chi connectivity index (χ2n) is 6.94. The van der Waals surface area contributed by atoms with Crippen LogP contribution in [0.2, 0.25) is 0 Å². The number of carbonyl (C=O) groups excluding carboxylic acids is 1. The molecule has 0 aliphatic heterocycles. The van der Waals surface area contributed by atoms with E-state index in [1.165, 1.54) is 6.33 Å². The summed E-state index contributed by atoms with van der Waals surface area (Å²) in [5.41, 5.74) is 3.77. The number of furan rings is 1. The van der Waals surface area contributed by atoms with Crippen molar-refractivity contribution in [2.75, 3.05) is 0 Å². The number of hydrogen-bond acceptors (Lipinski definition) is 4. The molecule has 0 saturated carbocycles. The van der Waals surface area contributed by atoms with Gasteiger partial charge in [-0.15, -0.1) is 0 Å². The van der Waals surface area contributed by atoms with Crippen molar-refractivity contribution in [3.63, 3.8) is 0 Å². The minimum atomic E-state index is -0.209.